The molecule has 0 heterocycles. The van der Waals surface area contributed by atoms with Gasteiger partial charge in [-0.2, -0.15) is 0 Å². The molecule has 210 valence electrons. The van der Waals surface area contributed by atoms with Gasteiger partial charge in [-0.3, -0.25) is 4.79 Å². The van der Waals surface area contributed by atoms with E-state index in [-0.39, 0.29) is 5.97 Å². The van der Waals surface area contributed by atoms with Gasteiger partial charge in [0.1, 0.15) is 22.8 Å². The quantitative estimate of drug-likeness (QED) is 0.111. The van der Waals surface area contributed by atoms with E-state index in [9.17, 15) is 9.59 Å². The Morgan fingerprint density at radius 1 is 0.763 bits per heavy atom. The summed E-state index contributed by atoms with van der Waals surface area (Å²) < 4.78 is 22.0. The lowest BCUT2D eigenvalue weighted by Crippen LogP contribution is -2.27. The van der Waals surface area contributed by atoms with E-state index < -0.39 is 11.6 Å². The van der Waals surface area contributed by atoms with E-state index in [2.05, 4.69) is 13.8 Å². The lowest BCUT2D eigenvalue weighted by molar-refractivity contribution is -0.157. The van der Waals surface area contributed by atoms with Crippen LogP contribution in [-0.4, -0.2) is 31.3 Å². The number of rotatable bonds is 18. The van der Waals surface area contributed by atoms with Crippen LogP contribution >= 0.6 is 0 Å². The normalized spacial score (nSPS) is 11.3. The maximum Gasteiger partial charge on any atom is 0.343 e. The Hall–Kier alpha value is -3.02. The highest BCUT2D eigenvalue weighted by molar-refractivity contribution is 5.91. The van der Waals surface area contributed by atoms with Gasteiger partial charge in [0, 0.05) is 6.42 Å². The topological polar surface area (TPSA) is 71.1 Å². The first kappa shape index (κ1) is 31.2. The fourth-order valence-electron chi connectivity index (χ4n) is 4.10. The van der Waals surface area contributed by atoms with Gasteiger partial charge in [-0.1, -0.05) is 46.0 Å². The number of carbonyl (C=O) groups is 2. The molecule has 0 atom stereocenters. The van der Waals surface area contributed by atoms with Crippen molar-refractivity contribution in [3.05, 3.63) is 54.1 Å². The van der Waals surface area contributed by atoms with Crippen molar-refractivity contribution in [2.45, 2.75) is 97.5 Å². The molecule has 38 heavy (non-hydrogen) atoms. The van der Waals surface area contributed by atoms with Crippen molar-refractivity contribution in [2.24, 2.45) is 5.92 Å². The van der Waals surface area contributed by atoms with Crippen molar-refractivity contribution >= 4 is 11.9 Å². The second kappa shape index (κ2) is 16.7. The smallest absolute Gasteiger partial charge is 0.343 e. The van der Waals surface area contributed by atoms with E-state index >= 15 is 0 Å². The zero-order chi connectivity index (χ0) is 27.8. The van der Waals surface area contributed by atoms with Crippen LogP contribution in [0.4, 0.5) is 0 Å². The Kier molecular flexibility index (Phi) is 13.7. The number of ether oxygens (including phenoxy) is 4. The molecule has 0 bridgehead atoms. The van der Waals surface area contributed by atoms with Gasteiger partial charge in [-0.15, -0.1) is 0 Å². The number of hydrogen-bond donors (Lipinski definition) is 0. The minimum Gasteiger partial charge on any atom is -0.497 e. The molecule has 0 saturated carbocycles. The number of unbranched alkanes of at least 4 members (excludes halogenated alkanes) is 5. The van der Waals surface area contributed by atoms with Gasteiger partial charge in [-0.05, 0) is 94.0 Å². The minimum absolute atomic E-state index is 0.0712. The van der Waals surface area contributed by atoms with Crippen molar-refractivity contribution in [1.29, 1.82) is 0 Å². The van der Waals surface area contributed by atoms with Crippen LogP contribution in [0.1, 0.15) is 102 Å². The molecule has 0 radical (unpaired) electrons. The van der Waals surface area contributed by atoms with Crippen LogP contribution in [0, 0.1) is 5.92 Å². The van der Waals surface area contributed by atoms with Crippen LogP contribution in [0.25, 0.3) is 0 Å². The molecule has 6 nitrogen and oxygen atoms in total. The predicted molar refractivity (Wildman–Crippen MR) is 151 cm³/mol. The van der Waals surface area contributed by atoms with Crippen LogP contribution in [0.15, 0.2) is 48.5 Å². The molecule has 0 unspecified atom stereocenters. The highest BCUT2D eigenvalue weighted by Gasteiger charge is 2.22. The first-order chi connectivity index (χ1) is 18.2. The van der Waals surface area contributed by atoms with Gasteiger partial charge < -0.3 is 18.9 Å². The molecule has 0 amide bonds. The zero-order valence-corrected chi connectivity index (χ0v) is 23.9. The summed E-state index contributed by atoms with van der Waals surface area (Å²) in [6, 6.07) is 13.9. The molecular weight excluding hydrogens is 480 g/mol. The van der Waals surface area contributed by atoms with E-state index in [1.54, 1.807) is 55.6 Å². The number of carbonyl (C=O) groups excluding carboxylic acids is 2. The molecule has 0 fully saturated rings. The summed E-state index contributed by atoms with van der Waals surface area (Å²) >= 11 is 0. The summed E-state index contributed by atoms with van der Waals surface area (Å²) in [5.41, 5.74) is 0.0683. The SMILES string of the molecule is COc1ccc(OC(=O)c2ccc(OCCCCCCCC(C)(C)OC(=O)CCCCC(C)C)cc2)cc1. The van der Waals surface area contributed by atoms with Crippen molar-refractivity contribution < 1.29 is 28.5 Å². The summed E-state index contributed by atoms with van der Waals surface area (Å²) in [5.74, 6) is 2.10. The van der Waals surface area contributed by atoms with Crippen LogP contribution in [0.2, 0.25) is 0 Å². The van der Waals surface area contributed by atoms with E-state index in [1.165, 1.54) is 0 Å². The van der Waals surface area contributed by atoms with E-state index in [0.717, 1.165) is 63.5 Å². The lowest BCUT2D eigenvalue weighted by Gasteiger charge is -2.25. The van der Waals surface area contributed by atoms with Crippen LogP contribution in [-0.2, 0) is 9.53 Å². The van der Waals surface area contributed by atoms with Gasteiger partial charge in [-0.25, -0.2) is 4.79 Å². The molecule has 0 spiro atoms. The van der Waals surface area contributed by atoms with Crippen molar-refractivity contribution in [3.63, 3.8) is 0 Å². The monoisotopic (exact) mass is 526 g/mol. The van der Waals surface area contributed by atoms with Gasteiger partial charge in [0.25, 0.3) is 0 Å². The summed E-state index contributed by atoms with van der Waals surface area (Å²) in [4.78, 5) is 24.4. The molecule has 6 heteroatoms. The first-order valence-electron chi connectivity index (χ1n) is 14.0. The highest BCUT2D eigenvalue weighted by Crippen LogP contribution is 2.22. The summed E-state index contributed by atoms with van der Waals surface area (Å²) in [6.07, 6.45) is 9.90. The maximum absolute atomic E-state index is 12.3. The van der Waals surface area contributed by atoms with Crippen LogP contribution < -0.4 is 14.2 Å². The number of hydrogen-bond acceptors (Lipinski definition) is 6. The molecule has 0 aromatic heterocycles. The van der Waals surface area contributed by atoms with Gasteiger partial charge >= 0.3 is 11.9 Å². The third-order valence-corrected chi connectivity index (χ3v) is 6.35. The van der Waals surface area contributed by atoms with E-state index in [4.69, 9.17) is 18.9 Å². The van der Waals surface area contributed by atoms with E-state index in [0.29, 0.717) is 36.0 Å². The molecule has 0 aliphatic rings. The summed E-state index contributed by atoms with van der Waals surface area (Å²) in [5, 5.41) is 0. The third-order valence-electron chi connectivity index (χ3n) is 6.35. The molecule has 2 aromatic rings. The number of methoxy groups -OCH3 is 1. The third kappa shape index (κ3) is 13.0. The Morgan fingerprint density at radius 3 is 2.03 bits per heavy atom. The molecule has 2 rings (SSSR count). The molecule has 0 N–H and O–H groups in total. The summed E-state index contributed by atoms with van der Waals surface area (Å²) in [6.45, 7) is 9.07. The standard InChI is InChI=1S/C32H46O6/c1-25(2)13-9-10-14-30(33)38-32(3,4)23-11-7-6-8-12-24-36-28-17-15-26(16-18-28)31(34)37-29-21-19-27(35-5)20-22-29/h15-22,25H,6-14,23-24H2,1-5H3. The Bertz CT molecular complexity index is 947. The second-order valence-electron chi connectivity index (χ2n) is 10.8. The highest BCUT2D eigenvalue weighted by atomic mass is 16.6. The van der Waals surface area contributed by atoms with Gasteiger partial charge in [0.15, 0.2) is 0 Å². The van der Waals surface area contributed by atoms with Gasteiger partial charge in [0.05, 0.1) is 19.3 Å². The molecular formula is C32H46O6. The Morgan fingerprint density at radius 2 is 1.37 bits per heavy atom. The second-order valence-corrected chi connectivity index (χ2v) is 10.8. The van der Waals surface area contributed by atoms with Crippen LogP contribution in [0.5, 0.6) is 17.2 Å². The molecule has 2 aromatic carbocycles. The molecule has 0 aliphatic heterocycles. The Balaban J connectivity index is 1.54. The van der Waals surface area contributed by atoms with Crippen LogP contribution in [0.3, 0.4) is 0 Å². The fourth-order valence-corrected chi connectivity index (χ4v) is 4.10. The molecule has 0 saturated heterocycles. The van der Waals surface area contributed by atoms with Crippen molar-refractivity contribution in [3.8, 4) is 17.2 Å². The molecule has 0 aliphatic carbocycles. The minimum atomic E-state index is -0.415. The lowest BCUT2D eigenvalue weighted by atomic mass is 9.99. The zero-order valence-electron chi connectivity index (χ0n) is 23.9. The van der Waals surface area contributed by atoms with Crippen molar-refractivity contribution in [1.82, 2.24) is 0 Å². The maximum atomic E-state index is 12.3. The van der Waals surface area contributed by atoms with Crippen molar-refractivity contribution in [2.75, 3.05) is 13.7 Å². The average molecular weight is 527 g/mol. The largest absolute Gasteiger partial charge is 0.497 e. The summed E-state index contributed by atoms with van der Waals surface area (Å²) in [7, 11) is 1.59. The Labute approximate surface area is 229 Å². The number of esters is 2. The fraction of sp³-hybridized carbons (Fsp3) is 0.562. The average Bonchev–Trinajstić information content (AvgIpc) is 2.88. The first-order valence-corrected chi connectivity index (χ1v) is 14.0. The van der Waals surface area contributed by atoms with Gasteiger partial charge in [0.2, 0.25) is 0 Å². The van der Waals surface area contributed by atoms with E-state index in [1.807, 2.05) is 13.8 Å². The number of benzene rings is 2. The predicted octanol–water partition coefficient (Wildman–Crippen LogP) is 8.17.